The zero-order chi connectivity index (χ0) is 37.0. The highest BCUT2D eigenvalue weighted by molar-refractivity contribution is 5.87. The summed E-state index contributed by atoms with van der Waals surface area (Å²) < 4.78 is 18.1. The third kappa shape index (κ3) is 12.8. The number of carbonyl (C=O) groups excluding carboxylic acids is 2. The molecule has 0 heterocycles. The second-order valence-corrected chi connectivity index (χ2v) is 14.9. The second kappa shape index (κ2) is 18.0. The summed E-state index contributed by atoms with van der Waals surface area (Å²) in [7, 11) is 0. The van der Waals surface area contributed by atoms with Crippen LogP contribution in [0.2, 0.25) is 0 Å². The maximum atomic E-state index is 12.3. The number of carbonyl (C=O) groups is 2. The summed E-state index contributed by atoms with van der Waals surface area (Å²) in [5.74, 6) is -0.752. The van der Waals surface area contributed by atoms with Gasteiger partial charge in [-0.25, -0.2) is 9.59 Å². The topological polar surface area (TPSA) is 61.8 Å². The van der Waals surface area contributed by atoms with Crippen LogP contribution < -0.4 is 0 Å². The van der Waals surface area contributed by atoms with Crippen molar-refractivity contribution in [3.05, 3.63) is 154 Å². The number of benzene rings is 4. The molecule has 4 aromatic rings. The van der Waals surface area contributed by atoms with Crippen LogP contribution in [0.15, 0.2) is 109 Å². The SMILES string of the molecule is CCCc1ccc(C(OC(c2ccc(C=CC(=O)OC(C)(C)C)cc2)c2ccc(CCC)cc2)c2ccc(C=CC(=O)OC(C)(C)C)cc2)cc1. The number of hydrogen-bond acceptors (Lipinski definition) is 5. The molecule has 268 valence electrons. The highest BCUT2D eigenvalue weighted by Gasteiger charge is 2.24. The van der Waals surface area contributed by atoms with Crippen LogP contribution in [-0.2, 0) is 36.6 Å². The van der Waals surface area contributed by atoms with E-state index >= 15 is 0 Å². The molecule has 2 atom stereocenters. The second-order valence-electron chi connectivity index (χ2n) is 14.9. The van der Waals surface area contributed by atoms with Gasteiger partial charge in [0.1, 0.15) is 23.4 Å². The average molecular weight is 687 g/mol. The Morgan fingerprint density at radius 3 is 1.08 bits per heavy atom. The molecule has 0 radical (unpaired) electrons. The van der Waals surface area contributed by atoms with Crippen LogP contribution in [0.3, 0.4) is 0 Å². The van der Waals surface area contributed by atoms with Crippen molar-refractivity contribution >= 4 is 24.1 Å². The highest BCUT2D eigenvalue weighted by atomic mass is 16.6. The van der Waals surface area contributed by atoms with E-state index in [2.05, 4.69) is 86.6 Å². The van der Waals surface area contributed by atoms with Crippen LogP contribution >= 0.6 is 0 Å². The lowest BCUT2D eigenvalue weighted by molar-refractivity contribution is -0.149. The molecule has 5 heteroatoms. The van der Waals surface area contributed by atoms with Crippen LogP contribution in [0.1, 0.15) is 125 Å². The fraction of sp³-hybridized carbons (Fsp3) is 0.348. The Labute approximate surface area is 305 Å². The molecule has 4 rings (SSSR count). The van der Waals surface area contributed by atoms with E-state index in [0.29, 0.717) is 0 Å². The lowest BCUT2D eigenvalue weighted by Crippen LogP contribution is -2.22. The molecule has 0 aliphatic heterocycles. The van der Waals surface area contributed by atoms with Crippen molar-refractivity contribution in [1.82, 2.24) is 0 Å². The average Bonchev–Trinajstić information content (AvgIpc) is 3.07. The number of ether oxygens (including phenoxy) is 3. The smallest absolute Gasteiger partial charge is 0.331 e. The van der Waals surface area contributed by atoms with Gasteiger partial charge < -0.3 is 14.2 Å². The van der Waals surface area contributed by atoms with Crippen molar-refractivity contribution in [1.29, 1.82) is 0 Å². The summed E-state index contributed by atoms with van der Waals surface area (Å²) in [5.41, 5.74) is 7.36. The van der Waals surface area contributed by atoms with Gasteiger partial charge in [-0.2, -0.15) is 0 Å². The summed E-state index contributed by atoms with van der Waals surface area (Å²) in [4.78, 5) is 24.6. The molecule has 0 aliphatic carbocycles. The van der Waals surface area contributed by atoms with Crippen LogP contribution in [0.4, 0.5) is 0 Å². The van der Waals surface area contributed by atoms with Crippen molar-refractivity contribution < 1.29 is 23.8 Å². The Bertz CT molecular complexity index is 1620. The molecule has 0 saturated carbocycles. The van der Waals surface area contributed by atoms with Gasteiger partial charge >= 0.3 is 11.9 Å². The number of rotatable bonds is 14. The van der Waals surface area contributed by atoms with E-state index < -0.39 is 11.2 Å². The monoisotopic (exact) mass is 686 g/mol. The minimum absolute atomic E-state index is 0.376. The Morgan fingerprint density at radius 2 is 0.804 bits per heavy atom. The molecule has 0 N–H and O–H groups in total. The largest absolute Gasteiger partial charge is 0.457 e. The zero-order valence-corrected chi connectivity index (χ0v) is 31.6. The van der Waals surface area contributed by atoms with Crippen molar-refractivity contribution in [3.63, 3.8) is 0 Å². The summed E-state index contributed by atoms with van der Waals surface area (Å²) in [6.45, 7) is 15.5. The Morgan fingerprint density at radius 1 is 0.510 bits per heavy atom. The Kier molecular flexibility index (Phi) is 13.8. The number of hydrogen-bond donors (Lipinski definition) is 0. The van der Waals surface area contributed by atoms with Gasteiger partial charge in [0.2, 0.25) is 0 Å². The molecular formula is C46H54O5. The molecule has 51 heavy (non-hydrogen) atoms. The lowest BCUT2D eigenvalue weighted by Gasteiger charge is -2.27. The molecule has 2 unspecified atom stereocenters. The van der Waals surface area contributed by atoms with Gasteiger partial charge in [-0.3, -0.25) is 0 Å². The first-order valence-corrected chi connectivity index (χ1v) is 18.1. The molecule has 0 aromatic heterocycles. The molecule has 0 amide bonds. The molecule has 0 aliphatic rings. The van der Waals surface area contributed by atoms with Gasteiger partial charge in [-0.1, -0.05) is 124 Å². The van der Waals surface area contributed by atoms with E-state index in [4.69, 9.17) is 14.2 Å². The van der Waals surface area contributed by atoms with Crippen LogP contribution in [0.25, 0.3) is 12.2 Å². The minimum Gasteiger partial charge on any atom is -0.457 e. The predicted molar refractivity (Wildman–Crippen MR) is 208 cm³/mol. The third-order valence-electron chi connectivity index (χ3n) is 8.03. The van der Waals surface area contributed by atoms with Crippen molar-refractivity contribution in [2.24, 2.45) is 0 Å². The van der Waals surface area contributed by atoms with Crippen LogP contribution in [0.5, 0.6) is 0 Å². The quantitative estimate of drug-likeness (QED) is 0.0976. The van der Waals surface area contributed by atoms with Crippen LogP contribution in [-0.4, -0.2) is 23.1 Å². The van der Waals surface area contributed by atoms with E-state index in [-0.39, 0.29) is 24.1 Å². The van der Waals surface area contributed by atoms with E-state index in [0.717, 1.165) is 59.1 Å². The van der Waals surface area contributed by atoms with Gasteiger partial charge in [0.15, 0.2) is 0 Å². The predicted octanol–water partition coefficient (Wildman–Crippen LogP) is 11.2. The standard InChI is InChI=1S/C46H54O5/c1-9-11-33-13-23-37(24-14-33)43(39-27-17-35(18-28-39)21-31-41(47)50-45(3,4)5)49-44(38-25-15-34(12-10-2)16-26-38)40-29-19-36(20-30-40)22-32-42(48)51-46(6,7)8/h13-32,43-44H,9-12H2,1-8H3. The van der Waals surface area contributed by atoms with Crippen molar-refractivity contribution in [2.45, 2.75) is 104 Å². The first kappa shape index (κ1) is 39.1. The summed E-state index contributed by atoms with van der Waals surface area (Å²) in [6.07, 6.45) is 9.91. The normalized spacial score (nSPS) is 13.3. The molecule has 0 saturated heterocycles. The Balaban J connectivity index is 1.70. The zero-order valence-electron chi connectivity index (χ0n) is 31.6. The van der Waals surface area contributed by atoms with Gasteiger partial charge in [-0.15, -0.1) is 0 Å². The maximum Gasteiger partial charge on any atom is 0.331 e. The first-order chi connectivity index (χ1) is 24.2. The fourth-order valence-corrected chi connectivity index (χ4v) is 5.69. The minimum atomic E-state index is -0.549. The summed E-state index contributed by atoms with van der Waals surface area (Å²) in [6, 6.07) is 33.6. The summed E-state index contributed by atoms with van der Waals surface area (Å²) in [5, 5.41) is 0. The van der Waals surface area contributed by atoms with E-state index in [1.54, 1.807) is 12.2 Å². The first-order valence-electron chi connectivity index (χ1n) is 18.1. The summed E-state index contributed by atoms with van der Waals surface area (Å²) >= 11 is 0. The fourth-order valence-electron chi connectivity index (χ4n) is 5.69. The van der Waals surface area contributed by atoms with Crippen molar-refractivity contribution in [2.75, 3.05) is 0 Å². The maximum absolute atomic E-state index is 12.3. The van der Waals surface area contributed by atoms with Gasteiger partial charge in [0, 0.05) is 12.2 Å². The van der Waals surface area contributed by atoms with E-state index in [1.165, 1.54) is 23.3 Å². The number of aryl methyl sites for hydroxylation is 2. The Hall–Kier alpha value is -4.74. The van der Waals surface area contributed by atoms with Gasteiger partial charge in [-0.05, 0) is 111 Å². The molecular weight excluding hydrogens is 633 g/mol. The van der Waals surface area contributed by atoms with Crippen LogP contribution in [0, 0.1) is 0 Å². The van der Waals surface area contributed by atoms with E-state index in [1.807, 2.05) is 65.8 Å². The molecule has 0 fully saturated rings. The molecule has 4 aromatic carbocycles. The molecule has 0 bridgehead atoms. The lowest BCUT2D eigenvalue weighted by atomic mass is 9.95. The molecule has 5 nitrogen and oxygen atoms in total. The highest BCUT2D eigenvalue weighted by Crippen LogP contribution is 2.37. The molecule has 0 spiro atoms. The van der Waals surface area contributed by atoms with Gasteiger partial charge in [0.05, 0.1) is 0 Å². The van der Waals surface area contributed by atoms with E-state index in [9.17, 15) is 9.59 Å². The number of esters is 2. The van der Waals surface area contributed by atoms with Gasteiger partial charge in [0.25, 0.3) is 0 Å². The van der Waals surface area contributed by atoms with Crippen molar-refractivity contribution in [3.8, 4) is 0 Å². The third-order valence-corrected chi connectivity index (χ3v) is 8.03.